The van der Waals surface area contributed by atoms with Crippen LogP contribution >= 0.6 is 0 Å². The van der Waals surface area contributed by atoms with Gasteiger partial charge in [-0.3, -0.25) is 0 Å². The first-order valence-corrected chi connectivity index (χ1v) is 15.6. The molecule has 5 rings (SSSR count). The molecule has 13 atom stereocenters. The lowest BCUT2D eigenvalue weighted by atomic mass is 9.47. The third kappa shape index (κ3) is 4.98. The zero-order valence-electron chi connectivity index (χ0n) is 24.7. The summed E-state index contributed by atoms with van der Waals surface area (Å²) in [7, 11) is 0. The van der Waals surface area contributed by atoms with Crippen LogP contribution in [0.5, 0.6) is 0 Å². The Balaban J connectivity index is 1.26. The SMILES string of the molecule is CC(C)C(C)C=CC(C)C1CCC2C3=CCC4CC(OC5OCC(O)C(O)C5O)CCC4(C)C3CCC21C. The third-order valence-corrected chi connectivity index (χ3v) is 12.3. The average Bonchev–Trinajstić information content (AvgIpc) is 3.24. The van der Waals surface area contributed by atoms with Gasteiger partial charge in [-0.15, -0.1) is 0 Å². The maximum Gasteiger partial charge on any atom is 0.186 e. The molecular weight excluding hydrogens is 476 g/mol. The van der Waals surface area contributed by atoms with Gasteiger partial charge in [-0.2, -0.15) is 0 Å². The summed E-state index contributed by atoms with van der Waals surface area (Å²) in [6, 6.07) is 0. The Morgan fingerprint density at radius 2 is 1.63 bits per heavy atom. The van der Waals surface area contributed by atoms with Gasteiger partial charge in [-0.25, -0.2) is 0 Å². The number of ether oxygens (including phenoxy) is 2. The molecule has 0 aromatic rings. The Bertz CT molecular complexity index is 898. The van der Waals surface area contributed by atoms with Gasteiger partial charge in [0.2, 0.25) is 0 Å². The lowest BCUT2D eigenvalue weighted by Crippen LogP contribution is -2.55. The lowest BCUT2D eigenvalue weighted by molar-refractivity contribution is -0.288. The highest BCUT2D eigenvalue weighted by atomic mass is 16.7. The van der Waals surface area contributed by atoms with E-state index in [0.717, 1.165) is 37.5 Å². The van der Waals surface area contributed by atoms with Crippen LogP contribution in [0.2, 0.25) is 0 Å². The van der Waals surface area contributed by atoms with Gasteiger partial charge in [-0.05, 0) is 104 Å². The van der Waals surface area contributed by atoms with Crippen molar-refractivity contribution in [2.45, 2.75) is 124 Å². The first-order valence-electron chi connectivity index (χ1n) is 15.6. The summed E-state index contributed by atoms with van der Waals surface area (Å²) in [5.74, 6) is 4.74. The molecule has 1 aliphatic heterocycles. The standard InChI is InChI=1S/C33H54O5/c1-19(2)20(3)7-8-21(4)25-11-12-26-24-10-9-22-17-23(38-31-30(36)29(35)28(34)18-37-31)13-15-32(22,5)27(24)14-16-33(25,26)6/h7-8,10,19-23,25-31,34-36H,9,11-18H2,1-6H3. The maximum absolute atomic E-state index is 10.4. The van der Waals surface area contributed by atoms with Crippen LogP contribution in [0, 0.1) is 52.3 Å². The van der Waals surface area contributed by atoms with Crippen LogP contribution in [0.3, 0.4) is 0 Å². The van der Waals surface area contributed by atoms with E-state index in [1.54, 1.807) is 5.57 Å². The van der Waals surface area contributed by atoms with Gasteiger partial charge in [0, 0.05) is 0 Å². The lowest BCUT2D eigenvalue weighted by Gasteiger charge is -2.58. The Kier molecular flexibility index (Phi) is 8.28. The molecule has 1 saturated heterocycles. The smallest absolute Gasteiger partial charge is 0.186 e. The van der Waals surface area contributed by atoms with E-state index in [9.17, 15) is 15.3 Å². The number of hydrogen-bond donors (Lipinski definition) is 3. The molecule has 3 N–H and O–H groups in total. The van der Waals surface area contributed by atoms with Gasteiger partial charge in [0.05, 0.1) is 12.7 Å². The van der Waals surface area contributed by atoms with Crippen LogP contribution in [-0.2, 0) is 9.47 Å². The Hall–Kier alpha value is -0.720. The van der Waals surface area contributed by atoms with Crippen LogP contribution in [0.1, 0.15) is 92.9 Å². The van der Waals surface area contributed by atoms with Gasteiger partial charge in [0.25, 0.3) is 0 Å². The summed E-state index contributed by atoms with van der Waals surface area (Å²) < 4.78 is 11.8. The normalized spacial score (nSPS) is 48.8. The van der Waals surface area contributed by atoms with Crippen molar-refractivity contribution in [3.63, 3.8) is 0 Å². The van der Waals surface area contributed by atoms with E-state index >= 15 is 0 Å². The fourth-order valence-electron chi connectivity index (χ4n) is 9.30. The number of allylic oxidation sites excluding steroid dienone is 4. The molecule has 0 amide bonds. The van der Waals surface area contributed by atoms with Crippen LogP contribution in [0.4, 0.5) is 0 Å². The first-order chi connectivity index (χ1) is 18.0. The van der Waals surface area contributed by atoms with Crippen molar-refractivity contribution < 1.29 is 24.8 Å². The summed E-state index contributed by atoms with van der Waals surface area (Å²) in [5.41, 5.74) is 2.51. The van der Waals surface area contributed by atoms with E-state index in [1.807, 2.05) is 0 Å². The maximum atomic E-state index is 10.4. The van der Waals surface area contributed by atoms with E-state index < -0.39 is 24.6 Å². The second kappa shape index (κ2) is 10.9. The van der Waals surface area contributed by atoms with Gasteiger partial charge >= 0.3 is 0 Å². The van der Waals surface area contributed by atoms with Crippen molar-refractivity contribution >= 4 is 0 Å². The van der Waals surface area contributed by atoms with Crippen molar-refractivity contribution in [2.75, 3.05) is 6.61 Å². The molecule has 4 fully saturated rings. The Labute approximate surface area is 231 Å². The molecule has 38 heavy (non-hydrogen) atoms. The first kappa shape index (κ1) is 28.8. The molecule has 13 unspecified atom stereocenters. The number of fused-ring (bicyclic) bond motifs is 5. The van der Waals surface area contributed by atoms with E-state index in [4.69, 9.17) is 9.47 Å². The van der Waals surface area contributed by atoms with Crippen LogP contribution < -0.4 is 0 Å². The summed E-state index contributed by atoms with van der Waals surface area (Å²) in [6.07, 6.45) is 12.9. The summed E-state index contributed by atoms with van der Waals surface area (Å²) in [5, 5.41) is 30.2. The van der Waals surface area contributed by atoms with Gasteiger partial charge < -0.3 is 24.8 Å². The summed E-state index contributed by atoms with van der Waals surface area (Å²) in [4.78, 5) is 0. The topological polar surface area (TPSA) is 79.2 Å². The van der Waals surface area contributed by atoms with Crippen molar-refractivity contribution in [2.24, 2.45) is 52.3 Å². The molecule has 5 nitrogen and oxygen atoms in total. The number of rotatable bonds is 6. The summed E-state index contributed by atoms with van der Waals surface area (Å²) in [6.45, 7) is 14.6. The highest BCUT2D eigenvalue weighted by Crippen LogP contribution is 2.67. The second-order valence-corrected chi connectivity index (χ2v) is 14.6. The number of hydrogen-bond acceptors (Lipinski definition) is 5. The molecule has 5 heteroatoms. The second-order valence-electron chi connectivity index (χ2n) is 14.6. The van der Waals surface area contributed by atoms with Crippen molar-refractivity contribution in [3.05, 3.63) is 23.8 Å². The monoisotopic (exact) mass is 530 g/mol. The number of aliphatic hydroxyl groups is 3. The molecule has 1 heterocycles. The Morgan fingerprint density at radius 1 is 0.921 bits per heavy atom. The molecule has 4 aliphatic carbocycles. The third-order valence-electron chi connectivity index (χ3n) is 12.3. The van der Waals surface area contributed by atoms with Crippen LogP contribution in [-0.4, -0.2) is 52.6 Å². The van der Waals surface area contributed by atoms with Gasteiger partial charge in [0.1, 0.15) is 18.3 Å². The minimum Gasteiger partial charge on any atom is -0.388 e. The van der Waals surface area contributed by atoms with E-state index in [1.165, 1.54) is 25.7 Å². The van der Waals surface area contributed by atoms with Gasteiger partial charge in [0.15, 0.2) is 6.29 Å². The molecule has 0 aromatic carbocycles. The molecule has 0 aromatic heterocycles. The van der Waals surface area contributed by atoms with Gasteiger partial charge in [-0.1, -0.05) is 65.3 Å². The molecule has 216 valence electrons. The molecule has 5 aliphatic rings. The Morgan fingerprint density at radius 3 is 2.37 bits per heavy atom. The minimum absolute atomic E-state index is 0.00274. The quantitative estimate of drug-likeness (QED) is 0.374. The molecule has 0 bridgehead atoms. The highest BCUT2D eigenvalue weighted by molar-refractivity contribution is 5.28. The van der Waals surface area contributed by atoms with E-state index in [2.05, 4.69) is 59.8 Å². The molecular formula is C33H54O5. The fourth-order valence-corrected chi connectivity index (χ4v) is 9.30. The van der Waals surface area contributed by atoms with E-state index in [0.29, 0.717) is 40.4 Å². The molecule has 3 saturated carbocycles. The predicted molar refractivity (Wildman–Crippen MR) is 150 cm³/mol. The predicted octanol–water partition coefficient (Wildman–Crippen LogP) is 5.87. The minimum atomic E-state index is -1.22. The molecule has 0 spiro atoms. The average molecular weight is 531 g/mol. The zero-order chi connectivity index (χ0) is 27.4. The largest absolute Gasteiger partial charge is 0.388 e. The van der Waals surface area contributed by atoms with Crippen molar-refractivity contribution in [1.82, 2.24) is 0 Å². The van der Waals surface area contributed by atoms with Crippen molar-refractivity contribution in [3.8, 4) is 0 Å². The van der Waals surface area contributed by atoms with Crippen molar-refractivity contribution in [1.29, 1.82) is 0 Å². The zero-order valence-corrected chi connectivity index (χ0v) is 24.7. The number of aliphatic hydroxyl groups excluding tert-OH is 3. The van der Waals surface area contributed by atoms with Crippen LogP contribution in [0.25, 0.3) is 0 Å². The highest BCUT2D eigenvalue weighted by Gasteiger charge is 2.58. The van der Waals surface area contributed by atoms with E-state index in [-0.39, 0.29) is 12.7 Å². The van der Waals surface area contributed by atoms with Crippen LogP contribution in [0.15, 0.2) is 23.8 Å². The molecule has 0 radical (unpaired) electrons. The fraction of sp³-hybridized carbons (Fsp3) is 0.879. The summed E-state index contributed by atoms with van der Waals surface area (Å²) >= 11 is 0.